The normalized spacial score (nSPS) is 12.8. The first-order valence-electron chi connectivity index (χ1n) is 16.4. The summed E-state index contributed by atoms with van der Waals surface area (Å²) in [5.74, 6) is 0.602. The summed E-state index contributed by atoms with van der Waals surface area (Å²) in [6.45, 7) is 19.7. The van der Waals surface area contributed by atoms with Gasteiger partial charge in [0.2, 0.25) is 0 Å². The molecule has 0 bridgehead atoms. The number of nitrogens with one attached hydrogen (secondary N) is 2. The largest absolute Gasteiger partial charge is 0.507 e. The fourth-order valence-corrected chi connectivity index (χ4v) is 8.64. The topological polar surface area (TPSA) is 64.5 Å². The quantitative estimate of drug-likeness (QED) is 0.135. The van der Waals surface area contributed by atoms with Gasteiger partial charge in [-0.15, -0.1) is 22.7 Å². The van der Waals surface area contributed by atoms with Gasteiger partial charge in [0.1, 0.15) is 11.5 Å². The van der Waals surface area contributed by atoms with Crippen molar-refractivity contribution < 1.29 is 10.2 Å². The lowest BCUT2D eigenvalue weighted by Gasteiger charge is -2.32. The van der Waals surface area contributed by atoms with Crippen molar-refractivity contribution in [3.63, 3.8) is 0 Å². The van der Waals surface area contributed by atoms with Crippen LogP contribution in [-0.2, 0) is 23.7 Å². The number of hydrogen-bond acceptors (Lipinski definition) is 6. The Morgan fingerprint density at radius 1 is 0.674 bits per heavy atom. The highest BCUT2D eigenvalue weighted by molar-refractivity contribution is 7.19. The Hall–Kier alpha value is -3.74. The molecule has 3 aromatic carbocycles. The Bertz CT molecular complexity index is 1930. The van der Waals surface area contributed by atoms with Gasteiger partial charge in [0.05, 0.1) is 33.9 Å². The van der Waals surface area contributed by atoms with E-state index < -0.39 is 0 Å². The Morgan fingerprint density at radius 2 is 1.28 bits per heavy atom. The standard InChI is InChI=1S/C40H46N2O2S2/c1-10-12-24-21-27(43)32(29-19-20-31(46-29)40(7,8)9)36-34(24)41-37-33(38(44)22(3)26(11-2)35(37)42-36)30-18-17-28(45-30)23-13-15-25(16-14-23)39(4,5)6/h13-21,41-44H,10-12H2,1-9H3. The van der Waals surface area contributed by atoms with Crippen molar-refractivity contribution in [2.75, 3.05) is 10.6 Å². The molecule has 46 heavy (non-hydrogen) atoms. The third-order valence-electron chi connectivity index (χ3n) is 9.09. The summed E-state index contributed by atoms with van der Waals surface area (Å²) in [5.41, 5.74) is 11.0. The monoisotopic (exact) mass is 650 g/mol. The smallest absolute Gasteiger partial charge is 0.129 e. The van der Waals surface area contributed by atoms with E-state index in [9.17, 15) is 10.2 Å². The molecule has 2 aromatic heterocycles. The van der Waals surface area contributed by atoms with E-state index in [-0.39, 0.29) is 16.6 Å². The van der Waals surface area contributed by atoms with E-state index in [0.717, 1.165) is 84.5 Å². The van der Waals surface area contributed by atoms with Crippen LogP contribution in [0.2, 0.25) is 0 Å². The molecule has 0 unspecified atom stereocenters. The number of anilines is 4. The molecule has 1 aliphatic heterocycles. The van der Waals surface area contributed by atoms with Crippen LogP contribution in [0.15, 0.2) is 54.6 Å². The second kappa shape index (κ2) is 11.8. The second-order valence-electron chi connectivity index (χ2n) is 14.5. The first kappa shape index (κ1) is 32.2. The number of aromatic hydroxyl groups is 2. The average molecular weight is 651 g/mol. The van der Waals surface area contributed by atoms with Gasteiger partial charge in [-0.1, -0.05) is 86.1 Å². The lowest BCUT2D eigenvalue weighted by Crippen LogP contribution is -2.14. The number of thiophene rings is 2. The predicted octanol–water partition coefficient (Wildman–Crippen LogP) is 12.4. The molecule has 0 amide bonds. The van der Waals surface area contributed by atoms with Gasteiger partial charge in [0.15, 0.2) is 0 Å². The number of phenols is 2. The molecular weight excluding hydrogens is 605 g/mol. The minimum Gasteiger partial charge on any atom is -0.507 e. The molecule has 1 aliphatic rings. The Balaban J connectivity index is 1.51. The first-order valence-corrected chi connectivity index (χ1v) is 18.0. The highest BCUT2D eigenvalue weighted by Crippen LogP contribution is 2.57. The number of hydrogen-bond donors (Lipinski definition) is 4. The number of fused-ring (bicyclic) bond motifs is 2. The SMILES string of the molecule is CCCc1cc(O)c(-c2ccc(C(C)(C)C)s2)c2c1Nc1c(c(CC)c(C)c(O)c1-c1ccc(-c3ccc(C(C)(C)C)cc3)s1)N2. The van der Waals surface area contributed by atoms with Gasteiger partial charge in [-0.05, 0) is 88.7 Å². The second-order valence-corrected chi connectivity index (χ2v) is 16.7. The fraction of sp³-hybridized carbons (Fsp3) is 0.350. The van der Waals surface area contributed by atoms with Crippen LogP contribution in [0.4, 0.5) is 22.7 Å². The summed E-state index contributed by atoms with van der Waals surface area (Å²) >= 11 is 3.43. The van der Waals surface area contributed by atoms with Crippen molar-refractivity contribution in [2.24, 2.45) is 0 Å². The highest BCUT2D eigenvalue weighted by Gasteiger charge is 2.31. The minimum absolute atomic E-state index is 0.0200. The van der Waals surface area contributed by atoms with E-state index in [1.807, 2.05) is 13.0 Å². The summed E-state index contributed by atoms with van der Waals surface area (Å²) in [6.07, 6.45) is 2.52. The van der Waals surface area contributed by atoms with Crippen LogP contribution in [-0.4, -0.2) is 10.2 Å². The van der Waals surface area contributed by atoms with Crippen molar-refractivity contribution >= 4 is 45.4 Å². The van der Waals surface area contributed by atoms with Crippen LogP contribution < -0.4 is 10.6 Å². The zero-order valence-electron chi connectivity index (χ0n) is 28.5. The average Bonchev–Trinajstić information content (AvgIpc) is 3.68. The molecule has 0 saturated carbocycles. The van der Waals surface area contributed by atoms with Crippen LogP contribution in [0.25, 0.3) is 31.3 Å². The zero-order chi connectivity index (χ0) is 33.1. The molecular formula is C40H46N2O2S2. The summed E-state index contributed by atoms with van der Waals surface area (Å²) in [6, 6.07) is 19.4. The Kier molecular flexibility index (Phi) is 8.27. The summed E-state index contributed by atoms with van der Waals surface area (Å²) in [4.78, 5) is 4.48. The van der Waals surface area contributed by atoms with E-state index in [2.05, 4.69) is 115 Å². The van der Waals surface area contributed by atoms with Crippen LogP contribution >= 0.6 is 22.7 Å². The molecule has 0 aliphatic carbocycles. The van der Waals surface area contributed by atoms with E-state index in [4.69, 9.17) is 0 Å². The van der Waals surface area contributed by atoms with Crippen LogP contribution in [0.3, 0.4) is 0 Å². The molecule has 0 fully saturated rings. The predicted molar refractivity (Wildman–Crippen MR) is 200 cm³/mol. The van der Waals surface area contributed by atoms with E-state index in [1.165, 1.54) is 16.0 Å². The highest BCUT2D eigenvalue weighted by atomic mass is 32.1. The number of rotatable bonds is 6. The lowest BCUT2D eigenvalue weighted by molar-refractivity contribution is 0.472. The third kappa shape index (κ3) is 5.60. The van der Waals surface area contributed by atoms with Crippen molar-refractivity contribution in [1.82, 2.24) is 0 Å². The summed E-state index contributed by atoms with van der Waals surface area (Å²) in [5, 5.41) is 31.0. The molecule has 6 rings (SSSR count). The maximum atomic E-state index is 11.8. The molecule has 3 heterocycles. The summed E-state index contributed by atoms with van der Waals surface area (Å²) in [7, 11) is 0. The van der Waals surface area contributed by atoms with Gasteiger partial charge < -0.3 is 20.8 Å². The van der Waals surface area contributed by atoms with Crippen molar-refractivity contribution in [2.45, 2.75) is 92.4 Å². The number of aryl methyl sites for hydroxylation is 1. The van der Waals surface area contributed by atoms with Gasteiger partial charge >= 0.3 is 0 Å². The fourth-order valence-electron chi connectivity index (χ4n) is 6.45. The first-order chi connectivity index (χ1) is 21.7. The molecule has 5 aromatic rings. The zero-order valence-corrected chi connectivity index (χ0v) is 30.2. The number of phenolic OH excluding ortho intramolecular Hbond substituents is 2. The van der Waals surface area contributed by atoms with Gasteiger partial charge in [-0.25, -0.2) is 0 Å². The summed E-state index contributed by atoms with van der Waals surface area (Å²) < 4.78 is 0. The van der Waals surface area contributed by atoms with Gasteiger partial charge in [-0.2, -0.15) is 0 Å². The van der Waals surface area contributed by atoms with Crippen LogP contribution in [0.1, 0.15) is 88.9 Å². The van der Waals surface area contributed by atoms with Gasteiger partial charge in [0, 0.05) is 19.5 Å². The molecule has 240 valence electrons. The maximum Gasteiger partial charge on any atom is 0.129 e. The molecule has 0 saturated heterocycles. The maximum absolute atomic E-state index is 11.8. The molecule has 4 nitrogen and oxygen atoms in total. The van der Waals surface area contributed by atoms with Crippen LogP contribution in [0.5, 0.6) is 11.5 Å². The molecule has 4 N–H and O–H groups in total. The third-order valence-corrected chi connectivity index (χ3v) is 11.8. The van der Waals surface area contributed by atoms with E-state index >= 15 is 0 Å². The molecule has 6 heteroatoms. The van der Waals surface area contributed by atoms with Crippen molar-refractivity contribution in [3.05, 3.63) is 81.7 Å². The minimum atomic E-state index is 0.0200. The van der Waals surface area contributed by atoms with E-state index in [0.29, 0.717) is 5.75 Å². The molecule has 0 spiro atoms. The Labute approximate surface area is 282 Å². The van der Waals surface area contributed by atoms with Crippen molar-refractivity contribution in [3.8, 4) is 42.8 Å². The number of benzene rings is 3. The van der Waals surface area contributed by atoms with Gasteiger partial charge in [0.25, 0.3) is 0 Å². The van der Waals surface area contributed by atoms with Crippen LogP contribution in [0, 0.1) is 6.92 Å². The van der Waals surface area contributed by atoms with Crippen molar-refractivity contribution in [1.29, 1.82) is 0 Å². The Morgan fingerprint density at radius 3 is 1.89 bits per heavy atom. The molecule has 0 radical (unpaired) electrons. The van der Waals surface area contributed by atoms with Gasteiger partial charge in [-0.3, -0.25) is 0 Å². The molecule has 0 atom stereocenters. The lowest BCUT2D eigenvalue weighted by atomic mass is 9.86. The van der Waals surface area contributed by atoms with E-state index in [1.54, 1.807) is 22.7 Å².